The van der Waals surface area contributed by atoms with Crippen molar-refractivity contribution in [1.82, 2.24) is 9.78 Å². The fourth-order valence-electron chi connectivity index (χ4n) is 2.11. The third-order valence-electron chi connectivity index (χ3n) is 3.18. The van der Waals surface area contributed by atoms with Crippen molar-refractivity contribution in [2.45, 2.75) is 25.8 Å². The van der Waals surface area contributed by atoms with Crippen LogP contribution in [0.4, 0.5) is 0 Å². The third-order valence-corrected chi connectivity index (χ3v) is 4.04. The fourth-order valence-corrected chi connectivity index (χ4v) is 2.51. The average Bonchev–Trinajstić information content (AvgIpc) is 2.76. The minimum Gasteiger partial charge on any atom is -0.322 e. The van der Waals surface area contributed by atoms with E-state index in [0.29, 0.717) is 16.5 Å². The van der Waals surface area contributed by atoms with Crippen molar-refractivity contribution in [1.29, 1.82) is 0 Å². The molecule has 102 valence electrons. The van der Waals surface area contributed by atoms with E-state index in [9.17, 15) is 0 Å². The summed E-state index contributed by atoms with van der Waals surface area (Å²) < 4.78 is 1.84. The van der Waals surface area contributed by atoms with Crippen molar-refractivity contribution in [3.8, 4) is 0 Å². The molecular formula is C14H17Cl2N3. The molecule has 0 saturated carbocycles. The van der Waals surface area contributed by atoms with Crippen LogP contribution in [0.3, 0.4) is 0 Å². The molecule has 0 aliphatic heterocycles. The van der Waals surface area contributed by atoms with Crippen molar-refractivity contribution in [3.63, 3.8) is 0 Å². The highest BCUT2D eigenvalue weighted by Gasteiger charge is 2.15. The van der Waals surface area contributed by atoms with E-state index in [1.807, 2.05) is 29.9 Å². The van der Waals surface area contributed by atoms with Crippen LogP contribution in [0.25, 0.3) is 0 Å². The van der Waals surface area contributed by atoms with E-state index in [1.54, 1.807) is 6.07 Å². The molecule has 19 heavy (non-hydrogen) atoms. The van der Waals surface area contributed by atoms with Gasteiger partial charge in [-0.25, -0.2) is 0 Å². The number of rotatable bonds is 4. The quantitative estimate of drug-likeness (QED) is 0.938. The summed E-state index contributed by atoms with van der Waals surface area (Å²) in [6, 6.07) is 7.51. The van der Waals surface area contributed by atoms with Gasteiger partial charge in [0.25, 0.3) is 0 Å². The topological polar surface area (TPSA) is 43.8 Å². The summed E-state index contributed by atoms with van der Waals surface area (Å²) in [5.74, 6) is 0. The summed E-state index contributed by atoms with van der Waals surface area (Å²) in [6.07, 6.45) is 1.54. The lowest BCUT2D eigenvalue weighted by atomic mass is 10.0. The maximum absolute atomic E-state index is 6.25. The van der Waals surface area contributed by atoms with Gasteiger partial charge in [-0.05, 0) is 30.5 Å². The summed E-state index contributed by atoms with van der Waals surface area (Å²) in [4.78, 5) is 0. The van der Waals surface area contributed by atoms with Gasteiger partial charge < -0.3 is 5.73 Å². The maximum Gasteiger partial charge on any atom is 0.0625 e. The molecule has 0 spiro atoms. The first-order chi connectivity index (χ1) is 9.02. The van der Waals surface area contributed by atoms with Crippen LogP contribution in [0.15, 0.2) is 24.3 Å². The monoisotopic (exact) mass is 297 g/mol. The van der Waals surface area contributed by atoms with E-state index in [1.165, 1.54) is 0 Å². The van der Waals surface area contributed by atoms with E-state index >= 15 is 0 Å². The van der Waals surface area contributed by atoms with Gasteiger partial charge in [0.15, 0.2) is 0 Å². The molecule has 2 rings (SSSR count). The standard InChI is InChI=1S/C14H17Cl2N3/c1-3-10-8-13(19(2)18-10)12(17)7-9-5-4-6-11(15)14(9)16/h4-6,8,12H,3,7,17H2,1-2H3. The average molecular weight is 298 g/mol. The first-order valence-corrected chi connectivity index (χ1v) is 6.99. The van der Waals surface area contributed by atoms with E-state index in [4.69, 9.17) is 28.9 Å². The molecule has 0 bridgehead atoms. The molecule has 2 N–H and O–H groups in total. The molecule has 1 atom stereocenters. The van der Waals surface area contributed by atoms with Crippen LogP contribution in [-0.2, 0) is 19.9 Å². The van der Waals surface area contributed by atoms with Crippen LogP contribution < -0.4 is 5.73 Å². The van der Waals surface area contributed by atoms with Gasteiger partial charge in [0.1, 0.15) is 0 Å². The molecule has 0 amide bonds. The number of aryl methyl sites for hydroxylation is 2. The molecule has 0 radical (unpaired) electrons. The zero-order valence-electron chi connectivity index (χ0n) is 11.0. The van der Waals surface area contributed by atoms with Crippen LogP contribution in [0.5, 0.6) is 0 Å². The van der Waals surface area contributed by atoms with Crippen LogP contribution >= 0.6 is 23.2 Å². The van der Waals surface area contributed by atoms with E-state index < -0.39 is 0 Å². The van der Waals surface area contributed by atoms with Gasteiger partial charge in [-0.15, -0.1) is 0 Å². The summed E-state index contributed by atoms with van der Waals surface area (Å²) >= 11 is 12.2. The molecule has 0 aliphatic carbocycles. The minimum absolute atomic E-state index is 0.145. The lowest BCUT2D eigenvalue weighted by Gasteiger charge is -2.13. The van der Waals surface area contributed by atoms with Crippen molar-refractivity contribution in [2.75, 3.05) is 0 Å². The minimum atomic E-state index is -0.145. The Labute approximate surface area is 123 Å². The highest BCUT2D eigenvalue weighted by atomic mass is 35.5. The second-order valence-electron chi connectivity index (χ2n) is 4.56. The third kappa shape index (κ3) is 3.11. The molecule has 0 fully saturated rings. The Morgan fingerprint density at radius 3 is 2.74 bits per heavy atom. The first-order valence-electron chi connectivity index (χ1n) is 6.24. The molecule has 1 unspecified atom stereocenters. The molecule has 2 aromatic rings. The van der Waals surface area contributed by atoms with Gasteiger partial charge in [0.05, 0.1) is 27.5 Å². The van der Waals surface area contributed by atoms with Gasteiger partial charge in [-0.1, -0.05) is 42.3 Å². The second kappa shape index (κ2) is 5.95. The number of nitrogens with zero attached hydrogens (tertiary/aromatic N) is 2. The zero-order chi connectivity index (χ0) is 14.0. The van der Waals surface area contributed by atoms with Crippen LogP contribution in [0, 0.1) is 0 Å². The maximum atomic E-state index is 6.25. The van der Waals surface area contributed by atoms with Gasteiger partial charge >= 0.3 is 0 Å². The number of hydrogen-bond acceptors (Lipinski definition) is 2. The first kappa shape index (κ1) is 14.4. The highest BCUT2D eigenvalue weighted by molar-refractivity contribution is 6.42. The zero-order valence-corrected chi connectivity index (χ0v) is 12.5. The molecule has 1 heterocycles. The summed E-state index contributed by atoms with van der Waals surface area (Å²) in [5.41, 5.74) is 9.27. The Kier molecular flexibility index (Phi) is 4.50. The molecular weight excluding hydrogens is 281 g/mol. The van der Waals surface area contributed by atoms with Gasteiger partial charge in [-0.2, -0.15) is 5.10 Å². The van der Waals surface area contributed by atoms with Gasteiger partial charge in [-0.3, -0.25) is 4.68 Å². The van der Waals surface area contributed by atoms with E-state index in [-0.39, 0.29) is 6.04 Å². The Morgan fingerprint density at radius 1 is 1.37 bits per heavy atom. The lowest BCUT2D eigenvalue weighted by molar-refractivity contribution is 0.614. The fraction of sp³-hybridized carbons (Fsp3) is 0.357. The summed E-state index contributed by atoms with van der Waals surface area (Å²) in [5, 5.41) is 5.55. The summed E-state index contributed by atoms with van der Waals surface area (Å²) in [6.45, 7) is 2.07. The van der Waals surface area contributed by atoms with Crippen molar-refractivity contribution < 1.29 is 0 Å². The van der Waals surface area contributed by atoms with Crippen molar-refractivity contribution in [3.05, 3.63) is 51.3 Å². The largest absolute Gasteiger partial charge is 0.322 e. The number of benzene rings is 1. The van der Waals surface area contributed by atoms with Crippen LogP contribution in [0.2, 0.25) is 10.0 Å². The molecule has 5 heteroatoms. The van der Waals surface area contributed by atoms with Crippen LogP contribution in [-0.4, -0.2) is 9.78 Å². The molecule has 3 nitrogen and oxygen atoms in total. The van der Waals surface area contributed by atoms with Crippen molar-refractivity contribution >= 4 is 23.2 Å². The Balaban J connectivity index is 2.22. The molecule has 0 aliphatic rings. The van der Waals surface area contributed by atoms with E-state index in [2.05, 4.69) is 12.0 Å². The predicted octanol–water partition coefficient (Wildman–Crippen LogP) is 3.53. The van der Waals surface area contributed by atoms with Crippen molar-refractivity contribution in [2.24, 2.45) is 12.8 Å². The predicted molar refractivity (Wildman–Crippen MR) is 79.7 cm³/mol. The molecule has 1 aromatic carbocycles. The Morgan fingerprint density at radius 2 is 2.11 bits per heavy atom. The number of hydrogen-bond donors (Lipinski definition) is 1. The summed E-state index contributed by atoms with van der Waals surface area (Å²) in [7, 11) is 1.91. The smallest absolute Gasteiger partial charge is 0.0625 e. The Bertz CT molecular complexity index is 578. The highest BCUT2D eigenvalue weighted by Crippen LogP contribution is 2.28. The number of aromatic nitrogens is 2. The van der Waals surface area contributed by atoms with E-state index in [0.717, 1.165) is 23.4 Å². The normalized spacial score (nSPS) is 12.7. The molecule has 0 saturated heterocycles. The second-order valence-corrected chi connectivity index (χ2v) is 5.35. The van der Waals surface area contributed by atoms with Crippen LogP contribution in [0.1, 0.15) is 29.9 Å². The lowest BCUT2D eigenvalue weighted by Crippen LogP contribution is -2.17. The Hall–Kier alpha value is -1.03. The van der Waals surface area contributed by atoms with Gasteiger partial charge in [0.2, 0.25) is 0 Å². The number of halogens is 2. The number of nitrogens with two attached hydrogens (primary N) is 1. The van der Waals surface area contributed by atoms with Gasteiger partial charge in [0, 0.05) is 7.05 Å². The molecule has 1 aromatic heterocycles. The SMILES string of the molecule is CCc1cc(C(N)Cc2cccc(Cl)c2Cl)n(C)n1.